The molecule has 8 rings (SSSR count). The minimum Gasteiger partial charge on any atom is -0.497 e. The Morgan fingerprint density at radius 1 is 0.648 bits per heavy atom. The van der Waals surface area contributed by atoms with Gasteiger partial charge >= 0.3 is 7.12 Å². The molecule has 4 nitrogen and oxygen atoms in total. The van der Waals surface area contributed by atoms with E-state index >= 15 is 0 Å². The molecule has 0 amide bonds. The zero-order valence-corrected chi connectivity index (χ0v) is 33.6. The maximum Gasteiger partial charge on any atom is 0.492 e. The lowest BCUT2D eigenvalue weighted by Gasteiger charge is -2.22. The van der Waals surface area contributed by atoms with Gasteiger partial charge in [0.25, 0.3) is 5.83 Å². The summed E-state index contributed by atoms with van der Waals surface area (Å²) in [4.78, 5) is 0. The van der Waals surface area contributed by atoms with Crippen molar-refractivity contribution in [2.24, 2.45) is 0 Å². The molecular formula is C44H37BBrCl2F2O4+. The van der Waals surface area contributed by atoms with E-state index in [0.717, 1.165) is 22.3 Å². The number of hydrogen-bond donors (Lipinski definition) is 2. The second kappa shape index (κ2) is 15.5. The third-order valence-corrected chi connectivity index (χ3v) is 11.4. The normalized spacial score (nSPS) is 14.9. The third kappa shape index (κ3) is 7.04. The molecule has 10 heteroatoms. The fourth-order valence-electron chi connectivity index (χ4n) is 7.37. The summed E-state index contributed by atoms with van der Waals surface area (Å²) in [5.74, 6) is 0.285. The molecule has 0 heterocycles. The topological polar surface area (TPSA) is 58.9 Å². The lowest BCUT2D eigenvalue weighted by molar-refractivity contribution is 0.402. The molecule has 0 unspecified atom stereocenters. The first-order chi connectivity index (χ1) is 25.6. The van der Waals surface area contributed by atoms with Gasteiger partial charge in [-0.2, -0.15) is 0 Å². The van der Waals surface area contributed by atoms with E-state index in [0.29, 0.717) is 28.1 Å². The molecule has 0 saturated heterocycles. The molecule has 0 atom stereocenters. The third-order valence-electron chi connectivity index (χ3n) is 10.2. The number of halogens is 5. The van der Waals surface area contributed by atoms with Gasteiger partial charge in [0.05, 0.1) is 31.4 Å². The van der Waals surface area contributed by atoms with Crippen molar-refractivity contribution < 1.29 is 28.3 Å². The highest BCUT2D eigenvalue weighted by Gasteiger charge is 2.38. The van der Waals surface area contributed by atoms with Gasteiger partial charge in [0, 0.05) is 27.4 Å². The van der Waals surface area contributed by atoms with Gasteiger partial charge in [-0.25, -0.2) is 4.39 Å². The first kappa shape index (κ1) is 39.4. The zero-order chi connectivity index (χ0) is 39.1. The Morgan fingerprint density at radius 3 is 1.69 bits per heavy atom. The van der Waals surface area contributed by atoms with E-state index < -0.39 is 18.8 Å². The van der Waals surface area contributed by atoms with Crippen LogP contribution in [0.5, 0.6) is 11.5 Å². The van der Waals surface area contributed by atoms with E-state index in [9.17, 15) is 18.8 Å². The van der Waals surface area contributed by atoms with Crippen LogP contribution in [0.15, 0.2) is 118 Å². The van der Waals surface area contributed by atoms with Gasteiger partial charge < -0.3 is 19.5 Å². The van der Waals surface area contributed by atoms with Crippen molar-refractivity contribution in [1.82, 2.24) is 0 Å². The number of ether oxygens (including phenoxy) is 2. The Bertz CT molecular complexity index is 2370. The molecule has 0 bridgehead atoms. The SMILES string of the molecule is COc1cc2c(cc1-c1cccc(Cl)c1F)-c1ccccc1C2(C)C.COc1cc2c(cc1B(O)O)-c1ccccc1C2(C)C.FC1=C(Cl)C=C[C+]=C1Br. The van der Waals surface area contributed by atoms with E-state index in [1.807, 2.05) is 42.5 Å². The lowest BCUT2D eigenvalue weighted by atomic mass is 9.76. The Hall–Kier alpha value is -4.27. The molecule has 0 aliphatic heterocycles. The summed E-state index contributed by atoms with van der Waals surface area (Å²) in [6, 6.07) is 29.4. The van der Waals surface area contributed by atoms with E-state index in [1.54, 1.807) is 38.5 Å². The fraction of sp³-hybridized carbons (Fsp3) is 0.182. The Labute approximate surface area is 333 Å². The van der Waals surface area contributed by atoms with Crippen LogP contribution in [0.3, 0.4) is 0 Å². The Morgan fingerprint density at radius 2 is 1.17 bits per heavy atom. The molecule has 5 aromatic carbocycles. The van der Waals surface area contributed by atoms with Gasteiger partial charge in [0.15, 0.2) is 5.03 Å². The highest BCUT2D eigenvalue weighted by atomic mass is 79.9. The highest BCUT2D eigenvalue weighted by molar-refractivity contribution is 9.11. The van der Waals surface area contributed by atoms with Crippen molar-refractivity contribution in [1.29, 1.82) is 0 Å². The molecule has 0 saturated carbocycles. The second-order valence-electron chi connectivity index (χ2n) is 14.0. The number of methoxy groups -OCH3 is 2. The minimum atomic E-state index is -1.54. The maximum atomic E-state index is 14.6. The number of fused-ring (bicyclic) bond motifs is 6. The van der Waals surface area contributed by atoms with Crippen LogP contribution in [0.1, 0.15) is 49.9 Å². The minimum absolute atomic E-state index is 0.112. The molecule has 54 heavy (non-hydrogen) atoms. The molecule has 5 aromatic rings. The van der Waals surface area contributed by atoms with Gasteiger partial charge in [0.2, 0.25) is 4.48 Å². The summed E-state index contributed by atoms with van der Waals surface area (Å²) >= 11 is 14.3. The molecule has 2 N–H and O–H groups in total. The molecule has 3 aliphatic carbocycles. The first-order valence-electron chi connectivity index (χ1n) is 17.1. The quantitative estimate of drug-likeness (QED) is 0.140. The molecule has 3 aliphatic rings. The maximum absolute atomic E-state index is 14.6. The van der Waals surface area contributed by atoms with Crippen LogP contribution < -0.4 is 14.9 Å². The van der Waals surface area contributed by atoms with Crippen LogP contribution in [0.2, 0.25) is 5.02 Å². The van der Waals surface area contributed by atoms with Crippen LogP contribution in [0.25, 0.3) is 33.4 Å². The van der Waals surface area contributed by atoms with Crippen LogP contribution in [-0.2, 0) is 10.8 Å². The predicted octanol–water partition coefficient (Wildman–Crippen LogP) is 11.2. The van der Waals surface area contributed by atoms with Gasteiger partial charge in [-0.05, 0) is 96.3 Å². The van der Waals surface area contributed by atoms with Crippen LogP contribution in [-0.4, -0.2) is 31.4 Å². The Kier molecular flexibility index (Phi) is 11.3. The summed E-state index contributed by atoms with van der Waals surface area (Å²) in [7, 11) is 1.62. The summed E-state index contributed by atoms with van der Waals surface area (Å²) in [6.45, 7) is 8.76. The van der Waals surface area contributed by atoms with Crippen LogP contribution in [0.4, 0.5) is 8.78 Å². The summed E-state index contributed by atoms with van der Waals surface area (Å²) in [5, 5.41) is 19.3. The number of benzene rings is 5. The molecule has 274 valence electrons. The number of rotatable bonds is 4. The van der Waals surface area contributed by atoms with E-state index in [1.165, 1.54) is 28.3 Å². The van der Waals surface area contributed by atoms with Gasteiger partial charge in [0.1, 0.15) is 23.4 Å². The van der Waals surface area contributed by atoms with Gasteiger partial charge in [-0.15, -0.1) is 4.39 Å². The van der Waals surface area contributed by atoms with E-state index in [-0.39, 0.29) is 25.4 Å². The number of allylic oxidation sites excluding steroid dienone is 6. The van der Waals surface area contributed by atoms with Crippen molar-refractivity contribution in [3.63, 3.8) is 0 Å². The fourth-order valence-corrected chi connectivity index (χ4v) is 8.16. The molecule has 0 radical (unpaired) electrons. The van der Waals surface area contributed by atoms with Crippen molar-refractivity contribution in [3.8, 4) is 44.9 Å². The molecule has 0 fully saturated rings. The molecule has 0 spiro atoms. The zero-order valence-electron chi connectivity index (χ0n) is 30.5. The lowest BCUT2D eigenvalue weighted by Crippen LogP contribution is -2.31. The average molecular weight is 829 g/mol. The standard InChI is InChI=1S/C22H18ClFO.C16H17BO3.C6H2BrClF/c1-22(2)17-9-5-4-7-13(17)15-11-16(20(25-3)12-18(15)22)14-8-6-10-19(23)21(14)24;1-16(2)12-7-5-4-6-10(12)11-8-14(17(18)19)15(20-3)9-13(11)16;7-4-2-1-3-5(8)6(4)9/h4-12H,1-3H3;4-9,18-19H,1-3H3;1,3H/q;;+1. The van der Waals surface area contributed by atoms with Crippen LogP contribution in [0, 0.1) is 11.9 Å². The van der Waals surface area contributed by atoms with Crippen molar-refractivity contribution >= 4 is 51.7 Å². The van der Waals surface area contributed by atoms with Gasteiger partial charge in [-0.3, -0.25) is 0 Å². The monoisotopic (exact) mass is 827 g/mol. The van der Waals surface area contributed by atoms with Crippen molar-refractivity contribution in [2.75, 3.05) is 14.2 Å². The van der Waals surface area contributed by atoms with Crippen LogP contribution >= 0.6 is 39.1 Å². The van der Waals surface area contributed by atoms with E-state index in [2.05, 4.69) is 80.0 Å². The Balaban J connectivity index is 0.000000153. The van der Waals surface area contributed by atoms with Crippen molar-refractivity contribution in [3.05, 3.63) is 158 Å². The molecular weight excluding hydrogens is 792 g/mol. The summed E-state index contributed by atoms with van der Waals surface area (Å²) < 4.78 is 38.3. The first-order valence-corrected chi connectivity index (χ1v) is 18.6. The largest absolute Gasteiger partial charge is 0.497 e. The summed E-state index contributed by atoms with van der Waals surface area (Å²) in [5.41, 5.74) is 10.7. The van der Waals surface area contributed by atoms with E-state index in [4.69, 9.17) is 32.7 Å². The second-order valence-corrected chi connectivity index (χ2v) is 15.6. The van der Waals surface area contributed by atoms with Crippen molar-refractivity contribution in [2.45, 2.75) is 38.5 Å². The highest BCUT2D eigenvalue weighted by Crippen LogP contribution is 2.52. The summed E-state index contributed by atoms with van der Waals surface area (Å²) in [6.07, 6.45) is 5.59. The smallest absolute Gasteiger partial charge is 0.492 e. The van der Waals surface area contributed by atoms with Gasteiger partial charge in [-0.1, -0.05) is 106 Å². The molecule has 0 aromatic heterocycles. The average Bonchev–Trinajstić information content (AvgIpc) is 3.53. The number of hydrogen-bond acceptors (Lipinski definition) is 4. The predicted molar refractivity (Wildman–Crippen MR) is 220 cm³/mol.